The van der Waals surface area contributed by atoms with Crippen LogP contribution in [0.1, 0.15) is 50.7 Å². The van der Waals surface area contributed by atoms with Gasteiger partial charge in [-0.1, -0.05) is 48.5 Å². The molecule has 0 aromatic heterocycles. The third-order valence-electron chi connectivity index (χ3n) is 6.04. The molecule has 39 heavy (non-hydrogen) atoms. The van der Waals surface area contributed by atoms with E-state index in [4.69, 9.17) is 14.2 Å². The largest absolute Gasteiger partial charge is 0.489 e. The van der Waals surface area contributed by atoms with Gasteiger partial charge in [0.25, 0.3) is 5.70 Å². The number of benzene rings is 2. The van der Waals surface area contributed by atoms with Crippen LogP contribution in [0.5, 0.6) is 5.75 Å². The highest BCUT2D eigenvalue weighted by atomic mass is 32.2. The predicted molar refractivity (Wildman–Crippen MR) is 150 cm³/mol. The highest BCUT2D eigenvalue weighted by Crippen LogP contribution is 2.42. The van der Waals surface area contributed by atoms with Gasteiger partial charge >= 0.3 is 11.9 Å². The summed E-state index contributed by atoms with van der Waals surface area (Å²) >= 11 is 1.56. The molecule has 1 aliphatic rings. The molecule has 10 heteroatoms. The number of carbonyl (C=O) groups excluding carboxylic acids is 2. The SMILES string of the molecule is CCOC(=O)CCCSCCOC(=O)C1=C(C)NC(C)=C([N+](=O)[O-])C1c1ccccc1OCc1ccccc1. The summed E-state index contributed by atoms with van der Waals surface area (Å²) in [6, 6.07) is 16.7. The van der Waals surface area contributed by atoms with Crippen LogP contribution >= 0.6 is 11.8 Å². The summed E-state index contributed by atoms with van der Waals surface area (Å²) in [5.41, 5.74) is 2.36. The first kappa shape index (κ1) is 29.8. The molecular weight excluding hydrogens is 520 g/mol. The fourth-order valence-electron chi connectivity index (χ4n) is 4.31. The lowest BCUT2D eigenvalue weighted by Gasteiger charge is -2.27. The molecule has 0 spiro atoms. The van der Waals surface area contributed by atoms with Gasteiger partial charge in [-0.3, -0.25) is 14.9 Å². The van der Waals surface area contributed by atoms with E-state index in [1.165, 1.54) is 0 Å². The maximum Gasteiger partial charge on any atom is 0.337 e. The van der Waals surface area contributed by atoms with Gasteiger partial charge in [-0.25, -0.2) is 4.79 Å². The minimum Gasteiger partial charge on any atom is -0.489 e. The Morgan fingerprint density at radius 2 is 1.72 bits per heavy atom. The lowest BCUT2D eigenvalue weighted by atomic mass is 9.83. The Morgan fingerprint density at radius 3 is 2.44 bits per heavy atom. The first-order valence-corrected chi connectivity index (χ1v) is 14.0. The summed E-state index contributed by atoms with van der Waals surface area (Å²) in [5, 5.41) is 15.2. The van der Waals surface area contributed by atoms with Gasteiger partial charge < -0.3 is 19.5 Å². The molecule has 0 saturated heterocycles. The van der Waals surface area contributed by atoms with Crippen LogP contribution in [0.4, 0.5) is 0 Å². The minimum atomic E-state index is -0.974. The predicted octanol–water partition coefficient (Wildman–Crippen LogP) is 5.35. The molecule has 1 aliphatic heterocycles. The van der Waals surface area contributed by atoms with E-state index < -0.39 is 16.8 Å². The Kier molecular flexibility index (Phi) is 11.4. The maximum absolute atomic E-state index is 13.3. The van der Waals surface area contributed by atoms with Crippen LogP contribution in [-0.4, -0.2) is 41.6 Å². The van der Waals surface area contributed by atoms with Gasteiger partial charge in [-0.05, 0) is 44.6 Å². The minimum absolute atomic E-state index is 0.128. The zero-order chi connectivity index (χ0) is 28.2. The average molecular weight is 555 g/mol. The number of nitro groups is 1. The Balaban J connectivity index is 1.75. The number of esters is 2. The van der Waals surface area contributed by atoms with Crippen molar-refractivity contribution in [2.75, 3.05) is 24.7 Å². The first-order chi connectivity index (χ1) is 18.8. The van der Waals surface area contributed by atoms with Gasteiger partial charge in [0.05, 0.1) is 22.8 Å². The van der Waals surface area contributed by atoms with Gasteiger partial charge in [0.1, 0.15) is 24.9 Å². The molecule has 1 heterocycles. The number of dihydropyridines is 1. The first-order valence-electron chi connectivity index (χ1n) is 12.8. The van der Waals surface area contributed by atoms with E-state index in [1.54, 1.807) is 56.8 Å². The number of nitrogens with one attached hydrogen (secondary N) is 1. The Hall–Kier alpha value is -3.79. The Labute approximate surface area is 232 Å². The van der Waals surface area contributed by atoms with E-state index in [-0.39, 0.29) is 30.5 Å². The second-order valence-electron chi connectivity index (χ2n) is 8.83. The second-order valence-corrected chi connectivity index (χ2v) is 10.1. The number of thioether (sulfide) groups is 1. The topological polar surface area (TPSA) is 117 Å². The summed E-state index contributed by atoms with van der Waals surface area (Å²) in [7, 11) is 0. The molecule has 0 amide bonds. The molecule has 0 fully saturated rings. The molecule has 2 aromatic rings. The van der Waals surface area contributed by atoms with E-state index in [9.17, 15) is 19.7 Å². The Bertz CT molecular complexity index is 1230. The van der Waals surface area contributed by atoms with Crippen LogP contribution in [-0.2, 0) is 25.7 Å². The van der Waals surface area contributed by atoms with Crippen molar-refractivity contribution >= 4 is 23.7 Å². The van der Waals surface area contributed by atoms with E-state index in [2.05, 4.69) is 5.32 Å². The maximum atomic E-state index is 13.3. The van der Waals surface area contributed by atoms with Gasteiger partial charge in [0, 0.05) is 23.4 Å². The fourth-order valence-corrected chi connectivity index (χ4v) is 5.06. The molecule has 1 atom stereocenters. The monoisotopic (exact) mass is 554 g/mol. The number of para-hydroxylation sites is 1. The zero-order valence-electron chi connectivity index (χ0n) is 22.4. The molecule has 3 rings (SSSR count). The molecular formula is C29H34N2O7S. The van der Waals surface area contributed by atoms with Crippen LogP contribution in [0.15, 0.2) is 77.3 Å². The van der Waals surface area contributed by atoms with Gasteiger partial charge in [0.15, 0.2) is 0 Å². The molecule has 208 valence electrons. The van der Waals surface area contributed by atoms with Crippen LogP contribution in [0.2, 0.25) is 0 Å². The summed E-state index contributed by atoms with van der Waals surface area (Å²) in [6.45, 7) is 5.87. The molecule has 1 N–H and O–H groups in total. The zero-order valence-corrected chi connectivity index (χ0v) is 23.3. The standard InChI is InChI=1S/C29H34N2O7S/c1-4-36-25(32)15-10-17-39-18-16-37-29(33)26-20(2)30-21(3)28(31(34)35)27(26)23-13-8-9-14-24(23)38-19-22-11-6-5-7-12-22/h5-9,11-14,27,30H,4,10,15-19H2,1-3H3. The van der Waals surface area contributed by atoms with Crippen LogP contribution < -0.4 is 10.1 Å². The highest BCUT2D eigenvalue weighted by molar-refractivity contribution is 7.99. The third kappa shape index (κ3) is 8.35. The van der Waals surface area contributed by atoms with Crippen molar-refractivity contribution in [3.8, 4) is 5.75 Å². The lowest BCUT2D eigenvalue weighted by Crippen LogP contribution is -2.32. The van der Waals surface area contributed by atoms with E-state index >= 15 is 0 Å². The van der Waals surface area contributed by atoms with Crippen molar-refractivity contribution in [3.63, 3.8) is 0 Å². The summed E-state index contributed by atoms with van der Waals surface area (Å²) in [4.78, 5) is 36.5. The number of ether oxygens (including phenoxy) is 3. The molecule has 0 bridgehead atoms. The van der Waals surface area contributed by atoms with Gasteiger partial charge in [-0.2, -0.15) is 11.8 Å². The number of hydrogen-bond donors (Lipinski definition) is 1. The van der Waals surface area contributed by atoms with Crippen molar-refractivity contribution in [2.24, 2.45) is 0 Å². The average Bonchev–Trinajstić information content (AvgIpc) is 2.91. The number of nitrogens with zero attached hydrogens (tertiary/aromatic N) is 1. The van der Waals surface area contributed by atoms with E-state index in [0.29, 0.717) is 47.9 Å². The van der Waals surface area contributed by atoms with Crippen LogP contribution in [0.25, 0.3) is 0 Å². The number of rotatable bonds is 14. The highest BCUT2D eigenvalue weighted by Gasteiger charge is 2.42. The van der Waals surface area contributed by atoms with Crippen LogP contribution in [0.3, 0.4) is 0 Å². The normalized spacial score (nSPS) is 15.0. The number of allylic oxidation sites excluding steroid dienone is 3. The molecule has 1 unspecified atom stereocenters. The fraction of sp³-hybridized carbons (Fsp3) is 0.379. The third-order valence-corrected chi connectivity index (χ3v) is 7.08. The number of carbonyl (C=O) groups is 2. The van der Waals surface area contributed by atoms with Crippen molar-refractivity contribution in [1.29, 1.82) is 0 Å². The quantitative estimate of drug-likeness (QED) is 0.143. The van der Waals surface area contributed by atoms with Crippen molar-refractivity contribution in [3.05, 3.63) is 98.5 Å². The van der Waals surface area contributed by atoms with Crippen molar-refractivity contribution in [1.82, 2.24) is 5.32 Å². The molecule has 2 aromatic carbocycles. The van der Waals surface area contributed by atoms with Crippen molar-refractivity contribution < 1.29 is 28.7 Å². The lowest BCUT2D eigenvalue weighted by molar-refractivity contribution is -0.431. The van der Waals surface area contributed by atoms with Gasteiger partial charge in [0.2, 0.25) is 0 Å². The molecule has 9 nitrogen and oxygen atoms in total. The summed E-state index contributed by atoms with van der Waals surface area (Å²) in [5.74, 6) is -0.106. The van der Waals surface area contributed by atoms with E-state index in [1.807, 2.05) is 30.3 Å². The van der Waals surface area contributed by atoms with Gasteiger partial charge in [-0.15, -0.1) is 0 Å². The van der Waals surface area contributed by atoms with E-state index in [0.717, 1.165) is 11.3 Å². The van der Waals surface area contributed by atoms with Crippen molar-refractivity contribution in [2.45, 2.75) is 46.1 Å². The Morgan fingerprint density at radius 1 is 1.00 bits per heavy atom. The summed E-state index contributed by atoms with van der Waals surface area (Å²) < 4.78 is 16.6. The molecule has 0 saturated carbocycles. The second kappa shape index (κ2) is 15.0. The molecule has 0 radical (unpaired) electrons. The summed E-state index contributed by atoms with van der Waals surface area (Å²) in [6.07, 6.45) is 1.02. The molecule has 0 aliphatic carbocycles. The smallest absolute Gasteiger partial charge is 0.337 e. The van der Waals surface area contributed by atoms with Crippen LogP contribution in [0, 0.1) is 10.1 Å². The number of hydrogen-bond acceptors (Lipinski definition) is 9.